The molecule has 0 spiro atoms. The molecule has 2 heteroatoms. The summed E-state index contributed by atoms with van der Waals surface area (Å²) >= 11 is 0. The van der Waals surface area contributed by atoms with Crippen LogP contribution in [0.2, 0.25) is 0 Å². The average molecular weight is 271 g/mol. The Labute approximate surface area is 121 Å². The summed E-state index contributed by atoms with van der Waals surface area (Å²) in [7, 11) is 2.03. The maximum Gasteiger partial charge on any atom is 0.0546 e. The molecular formula is C17H37NO. The standard InChI is InChI=1S/C17H37NO/c1-4-14-17(2)19-16-13-11-9-7-5-6-8-10-12-15-18-3/h17-18H,4-16H2,1-3H3/t17-/m0/s1. The molecule has 0 rings (SSSR count). The van der Waals surface area contributed by atoms with Gasteiger partial charge in [-0.2, -0.15) is 0 Å². The van der Waals surface area contributed by atoms with E-state index in [1.807, 2.05) is 7.05 Å². The third kappa shape index (κ3) is 15.9. The summed E-state index contributed by atoms with van der Waals surface area (Å²) in [5.74, 6) is 0. The monoisotopic (exact) mass is 271 g/mol. The zero-order valence-corrected chi connectivity index (χ0v) is 13.7. The molecule has 0 unspecified atom stereocenters. The lowest BCUT2D eigenvalue weighted by Crippen LogP contribution is -2.08. The van der Waals surface area contributed by atoms with E-state index in [4.69, 9.17) is 4.74 Å². The minimum Gasteiger partial charge on any atom is -0.379 e. The largest absolute Gasteiger partial charge is 0.379 e. The summed E-state index contributed by atoms with van der Waals surface area (Å²) in [6.07, 6.45) is 15.3. The van der Waals surface area contributed by atoms with Crippen molar-refractivity contribution in [1.82, 2.24) is 5.32 Å². The minimum atomic E-state index is 0.461. The first-order chi connectivity index (χ1) is 9.31. The van der Waals surface area contributed by atoms with E-state index in [0.717, 1.165) is 6.61 Å². The molecule has 0 aromatic rings. The van der Waals surface area contributed by atoms with Crippen molar-refractivity contribution in [2.45, 2.75) is 90.6 Å². The van der Waals surface area contributed by atoms with Crippen molar-refractivity contribution in [3.63, 3.8) is 0 Å². The van der Waals surface area contributed by atoms with Gasteiger partial charge in [0.25, 0.3) is 0 Å². The molecule has 0 aliphatic rings. The number of hydrogen-bond acceptors (Lipinski definition) is 2. The van der Waals surface area contributed by atoms with Gasteiger partial charge in [0.05, 0.1) is 6.10 Å². The molecule has 0 bridgehead atoms. The highest BCUT2D eigenvalue weighted by molar-refractivity contribution is 4.50. The number of hydrogen-bond donors (Lipinski definition) is 1. The van der Waals surface area contributed by atoms with Crippen LogP contribution < -0.4 is 5.32 Å². The fourth-order valence-electron chi connectivity index (χ4n) is 2.42. The summed E-state index contributed by atoms with van der Waals surface area (Å²) in [6, 6.07) is 0. The minimum absolute atomic E-state index is 0.461. The first-order valence-corrected chi connectivity index (χ1v) is 8.57. The normalized spacial score (nSPS) is 12.8. The highest BCUT2D eigenvalue weighted by Gasteiger charge is 1.99. The van der Waals surface area contributed by atoms with Crippen LogP contribution in [-0.2, 0) is 4.74 Å². The molecule has 116 valence electrons. The average Bonchev–Trinajstić information content (AvgIpc) is 2.40. The molecule has 1 atom stereocenters. The van der Waals surface area contributed by atoms with Crippen molar-refractivity contribution < 1.29 is 4.74 Å². The Kier molecular flexibility index (Phi) is 15.9. The van der Waals surface area contributed by atoms with Crippen LogP contribution in [0.1, 0.15) is 84.5 Å². The first-order valence-electron chi connectivity index (χ1n) is 8.57. The van der Waals surface area contributed by atoms with E-state index in [0.29, 0.717) is 6.10 Å². The molecule has 0 heterocycles. The third-order valence-corrected chi connectivity index (χ3v) is 3.67. The van der Waals surface area contributed by atoms with Crippen molar-refractivity contribution >= 4 is 0 Å². The maximum absolute atomic E-state index is 5.76. The molecule has 2 nitrogen and oxygen atoms in total. The lowest BCUT2D eigenvalue weighted by Gasteiger charge is -2.11. The first kappa shape index (κ1) is 18.9. The van der Waals surface area contributed by atoms with Crippen molar-refractivity contribution in [3.05, 3.63) is 0 Å². The Morgan fingerprint density at radius 2 is 1.37 bits per heavy atom. The van der Waals surface area contributed by atoms with Gasteiger partial charge in [-0.25, -0.2) is 0 Å². The summed E-state index contributed by atoms with van der Waals surface area (Å²) in [5.41, 5.74) is 0. The lowest BCUT2D eigenvalue weighted by molar-refractivity contribution is 0.0570. The molecule has 1 N–H and O–H groups in total. The zero-order chi connectivity index (χ0) is 14.2. The molecule has 0 radical (unpaired) electrons. The number of ether oxygens (including phenoxy) is 1. The molecule has 0 aliphatic carbocycles. The van der Waals surface area contributed by atoms with Crippen LogP contribution >= 0.6 is 0 Å². The van der Waals surface area contributed by atoms with Gasteiger partial charge >= 0.3 is 0 Å². The second-order valence-corrected chi connectivity index (χ2v) is 5.76. The number of nitrogens with one attached hydrogen (secondary N) is 1. The summed E-state index contributed by atoms with van der Waals surface area (Å²) in [5, 5.41) is 3.20. The van der Waals surface area contributed by atoms with E-state index in [-0.39, 0.29) is 0 Å². The summed E-state index contributed by atoms with van der Waals surface area (Å²) in [6.45, 7) is 6.55. The van der Waals surface area contributed by atoms with Gasteiger partial charge in [-0.3, -0.25) is 0 Å². The van der Waals surface area contributed by atoms with Crippen LogP contribution in [0.5, 0.6) is 0 Å². The second kappa shape index (κ2) is 16.0. The van der Waals surface area contributed by atoms with Crippen LogP contribution in [0.15, 0.2) is 0 Å². The van der Waals surface area contributed by atoms with Crippen LogP contribution in [0.4, 0.5) is 0 Å². The van der Waals surface area contributed by atoms with E-state index in [1.54, 1.807) is 0 Å². The predicted octanol–water partition coefficient (Wildman–Crippen LogP) is 4.92. The Balaban J connectivity index is 2.99. The Morgan fingerprint density at radius 1 is 0.842 bits per heavy atom. The fourth-order valence-corrected chi connectivity index (χ4v) is 2.42. The van der Waals surface area contributed by atoms with Crippen LogP contribution in [0.3, 0.4) is 0 Å². The van der Waals surface area contributed by atoms with E-state index >= 15 is 0 Å². The van der Waals surface area contributed by atoms with E-state index < -0.39 is 0 Å². The molecule has 0 aliphatic heterocycles. The van der Waals surface area contributed by atoms with Gasteiger partial charge < -0.3 is 10.1 Å². The molecule has 0 amide bonds. The summed E-state index contributed by atoms with van der Waals surface area (Å²) in [4.78, 5) is 0. The molecule has 0 fully saturated rings. The van der Waals surface area contributed by atoms with Crippen molar-refractivity contribution in [2.75, 3.05) is 20.2 Å². The second-order valence-electron chi connectivity index (χ2n) is 5.76. The SMILES string of the molecule is CCC[C@H](C)OCCCCCCCCCCCNC. The molecule has 0 saturated carbocycles. The van der Waals surface area contributed by atoms with Crippen LogP contribution in [0, 0.1) is 0 Å². The highest BCUT2D eigenvalue weighted by Crippen LogP contribution is 2.10. The molecule has 0 aromatic heterocycles. The van der Waals surface area contributed by atoms with Gasteiger partial charge in [-0.05, 0) is 39.8 Å². The fraction of sp³-hybridized carbons (Fsp3) is 1.00. The van der Waals surface area contributed by atoms with E-state index in [9.17, 15) is 0 Å². The molecule has 0 aromatic carbocycles. The van der Waals surface area contributed by atoms with Crippen LogP contribution in [-0.4, -0.2) is 26.3 Å². The summed E-state index contributed by atoms with van der Waals surface area (Å²) < 4.78 is 5.76. The predicted molar refractivity (Wildman–Crippen MR) is 85.8 cm³/mol. The van der Waals surface area contributed by atoms with Crippen molar-refractivity contribution in [2.24, 2.45) is 0 Å². The van der Waals surface area contributed by atoms with Gasteiger partial charge in [-0.1, -0.05) is 58.3 Å². The quantitative estimate of drug-likeness (QED) is 0.427. The maximum atomic E-state index is 5.76. The Morgan fingerprint density at radius 3 is 1.89 bits per heavy atom. The van der Waals surface area contributed by atoms with E-state index in [2.05, 4.69) is 19.2 Å². The van der Waals surface area contributed by atoms with Gasteiger partial charge in [0.15, 0.2) is 0 Å². The molecular weight excluding hydrogens is 234 g/mol. The van der Waals surface area contributed by atoms with Gasteiger partial charge in [0.1, 0.15) is 0 Å². The number of rotatable bonds is 15. The van der Waals surface area contributed by atoms with Gasteiger partial charge in [-0.15, -0.1) is 0 Å². The topological polar surface area (TPSA) is 21.3 Å². The van der Waals surface area contributed by atoms with Crippen LogP contribution in [0.25, 0.3) is 0 Å². The molecule has 19 heavy (non-hydrogen) atoms. The Bertz CT molecular complexity index is 161. The van der Waals surface area contributed by atoms with Gasteiger partial charge in [0, 0.05) is 6.61 Å². The third-order valence-electron chi connectivity index (χ3n) is 3.67. The van der Waals surface area contributed by atoms with Crippen molar-refractivity contribution in [1.29, 1.82) is 0 Å². The molecule has 0 saturated heterocycles. The highest BCUT2D eigenvalue weighted by atomic mass is 16.5. The zero-order valence-electron chi connectivity index (χ0n) is 13.7. The van der Waals surface area contributed by atoms with E-state index in [1.165, 1.54) is 77.2 Å². The number of unbranched alkanes of at least 4 members (excludes halogenated alkanes) is 8. The van der Waals surface area contributed by atoms with Crippen molar-refractivity contribution in [3.8, 4) is 0 Å². The Hall–Kier alpha value is -0.0800. The van der Waals surface area contributed by atoms with Gasteiger partial charge in [0.2, 0.25) is 0 Å². The smallest absolute Gasteiger partial charge is 0.0546 e. The lowest BCUT2D eigenvalue weighted by atomic mass is 10.1.